The number of rotatable bonds is 9. The first-order valence-corrected chi connectivity index (χ1v) is 8.75. The summed E-state index contributed by atoms with van der Waals surface area (Å²) in [5, 5.41) is 9.19. The molecule has 0 saturated carbocycles. The Morgan fingerprint density at radius 2 is 2.12 bits per heavy atom. The van der Waals surface area contributed by atoms with E-state index < -0.39 is 11.9 Å². The number of hydrogen-bond donors (Lipinski definition) is 1. The Morgan fingerprint density at radius 1 is 1.33 bits per heavy atom. The highest BCUT2D eigenvalue weighted by atomic mass is 16.5. The normalized spacial score (nSPS) is 14.2. The van der Waals surface area contributed by atoms with Crippen LogP contribution in [0.15, 0.2) is 18.2 Å². The molecule has 1 unspecified atom stereocenters. The van der Waals surface area contributed by atoms with Crippen LogP contribution >= 0.6 is 0 Å². The van der Waals surface area contributed by atoms with Crippen molar-refractivity contribution in [3.63, 3.8) is 0 Å². The van der Waals surface area contributed by atoms with Crippen molar-refractivity contribution in [2.24, 2.45) is 5.92 Å². The Kier molecular flexibility index (Phi) is 6.79. The Balaban J connectivity index is 2.14. The van der Waals surface area contributed by atoms with Crippen LogP contribution in [0.25, 0.3) is 0 Å². The Morgan fingerprint density at radius 3 is 2.83 bits per heavy atom. The first-order chi connectivity index (χ1) is 11.5. The van der Waals surface area contributed by atoms with E-state index in [2.05, 4.69) is 6.07 Å². The monoisotopic (exact) mass is 333 g/mol. The van der Waals surface area contributed by atoms with Crippen molar-refractivity contribution < 1.29 is 19.4 Å². The number of carbonyl (C=O) groups excluding carboxylic acids is 1. The SMILES string of the molecule is CCOCCCN(CC(C)C(=O)O)C(=O)c1cccc2c1CCC2. The number of ether oxygens (including phenoxy) is 1. The third-order valence-electron chi connectivity index (χ3n) is 4.50. The van der Waals surface area contributed by atoms with Gasteiger partial charge in [0.1, 0.15) is 0 Å². The predicted molar refractivity (Wildman–Crippen MR) is 92.3 cm³/mol. The molecule has 5 nitrogen and oxygen atoms in total. The van der Waals surface area contributed by atoms with Crippen LogP contribution in [0.3, 0.4) is 0 Å². The predicted octanol–water partition coefficient (Wildman–Crippen LogP) is 2.76. The molecular formula is C19H27NO4. The quantitative estimate of drug-likeness (QED) is 0.706. The molecule has 1 aliphatic carbocycles. The van der Waals surface area contributed by atoms with Crippen LogP contribution < -0.4 is 0 Å². The van der Waals surface area contributed by atoms with Gasteiger partial charge >= 0.3 is 5.97 Å². The first kappa shape index (κ1) is 18.5. The average Bonchev–Trinajstić information content (AvgIpc) is 3.05. The lowest BCUT2D eigenvalue weighted by Gasteiger charge is -2.25. The molecule has 0 spiro atoms. The van der Waals surface area contributed by atoms with Crippen LogP contribution in [0.1, 0.15) is 48.2 Å². The molecule has 1 aromatic carbocycles. The number of benzene rings is 1. The van der Waals surface area contributed by atoms with Gasteiger partial charge in [-0.1, -0.05) is 19.1 Å². The molecule has 1 aliphatic rings. The number of fused-ring (bicyclic) bond motifs is 1. The summed E-state index contributed by atoms with van der Waals surface area (Å²) in [7, 11) is 0. The summed E-state index contributed by atoms with van der Waals surface area (Å²) in [5.41, 5.74) is 3.13. The van der Waals surface area contributed by atoms with Crippen molar-refractivity contribution in [1.29, 1.82) is 0 Å². The van der Waals surface area contributed by atoms with Crippen LogP contribution in [0, 0.1) is 5.92 Å². The smallest absolute Gasteiger partial charge is 0.308 e. The molecule has 24 heavy (non-hydrogen) atoms. The number of carbonyl (C=O) groups is 2. The second kappa shape index (κ2) is 8.83. The van der Waals surface area contributed by atoms with Crippen LogP contribution in [-0.2, 0) is 22.4 Å². The van der Waals surface area contributed by atoms with Crippen LogP contribution in [0.5, 0.6) is 0 Å². The molecule has 1 N–H and O–H groups in total. The summed E-state index contributed by atoms with van der Waals surface area (Å²) in [5.74, 6) is -1.52. The molecule has 0 heterocycles. The highest BCUT2D eigenvalue weighted by Crippen LogP contribution is 2.26. The second-order valence-electron chi connectivity index (χ2n) is 6.34. The molecule has 0 saturated heterocycles. The van der Waals surface area contributed by atoms with Crippen molar-refractivity contribution in [3.05, 3.63) is 34.9 Å². The lowest BCUT2D eigenvalue weighted by Crippen LogP contribution is -2.38. The summed E-state index contributed by atoms with van der Waals surface area (Å²) in [6, 6.07) is 5.88. The molecule has 0 bridgehead atoms. The van der Waals surface area contributed by atoms with Gasteiger partial charge in [0, 0.05) is 31.9 Å². The van der Waals surface area contributed by atoms with E-state index in [1.165, 1.54) is 5.56 Å². The molecule has 1 amide bonds. The maximum atomic E-state index is 13.0. The van der Waals surface area contributed by atoms with Crippen molar-refractivity contribution >= 4 is 11.9 Å². The van der Waals surface area contributed by atoms with E-state index in [-0.39, 0.29) is 12.5 Å². The zero-order chi connectivity index (χ0) is 17.5. The molecule has 0 aliphatic heterocycles. The largest absolute Gasteiger partial charge is 0.481 e. The molecule has 132 valence electrons. The van der Waals surface area contributed by atoms with Crippen molar-refractivity contribution in [2.45, 2.75) is 39.5 Å². The zero-order valence-electron chi connectivity index (χ0n) is 14.6. The number of amides is 1. The summed E-state index contributed by atoms with van der Waals surface area (Å²) < 4.78 is 5.34. The fourth-order valence-corrected chi connectivity index (χ4v) is 3.18. The van der Waals surface area contributed by atoms with Crippen molar-refractivity contribution in [3.8, 4) is 0 Å². The van der Waals surface area contributed by atoms with Crippen LogP contribution in [0.4, 0.5) is 0 Å². The van der Waals surface area contributed by atoms with Gasteiger partial charge in [-0.3, -0.25) is 9.59 Å². The Bertz CT molecular complexity index is 585. The van der Waals surface area contributed by atoms with Crippen molar-refractivity contribution in [1.82, 2.24) is 4.90 Å². The van der Waals surface area contributed by atoms with E-state index in [9.17, 15) is 14.7 Å². The van der Waals surface area contributed by atoms with Gasteiger partial charge in [-0.2, -0.15) is 0 Å². The second-order valence-corrected chi connectivity index (χ2v) is 6.34. The number of nitrogens with zero attached hydrogens (tertiary/aromatic N) is 1. The van der Waals surface area contributed by atoms with Gasteiger partial charge in [0.05, 0.1) is 5.92 Å². The average molecular weight is 333 g/mol. The molecule has 0 fully saturated rings. The van der Waals surface area contributed by atoms with E-state index >= 15 is 0 Å². The van der Waals surface area contributed by atoms with Gasteiger partial charge in [-0.05, 0) is 49.8 Å². The van der Waals surface area contributed by atoms with Gasteiger partial charge in [0.25, 0.3) is 5.91 Å². The van der Waals surface area contributed by atoms with Crippen molar-refractivity contribution in [2.75, 3.05) is 26.3 Å². The summed E-state index contributed by atoms with van der Waals surface area (Å²) in [6.45, 7) is 5.54. The Labute approximate surface area is 143 Å². The maximum absolute atomic E-state index is 13.0. The van der Waals surface area contributed by atoms with E-state index in [0.29, 0.717) is 26.2 Å². The van der Waals surface area contributed by atoms with Gasteiger partial charge < -0.3 is 14.7 Å². The maximum Gasteiger partial charge on any atom is 0.308 e. The van der Waals surface area contributed by atoms with Gasteiger partial charge in [-0.25, -0.2) is 0 Å². The van der Waals surface area contributed by atoms with E-state index in [1.807, 2.05) is 19.1 Å². The van der Waals surface area contributed by atoms with Gasteiger partial charge in [-0.15, -0.1) is 0 Å². The third-order valence-corrected chi connectivity index (χ3v) is 4.50. The molecule has 2 rings (SSSR count). The summed E-state index contributed by atoms with van der Waals surface area (Å²) in [4.78, 5) is 25.9. The summed E-state index contributed by atoms with van der Waals surface area (Å²) in [6.07, 6.45) is 3.74. The fraction of sp³-hybridized carbons (Fsp3) is 0.579. The molecule has 0 aromatic heterocycles. The number of carboxylic acids is 1. The van der Waals surface area contributed by atoms with E-state index in [0.717, 1.165) is 30.4 Å². The highest BCUT2D eigenvalue weighted by molar-refractivity contribution is 5.96. The molecule has 1 atom stereocenters. The first-order valence-electron chi connectivity index (χ1n) is 8.75. The topological polar surface area (TPSA) is 66.8 Å². The van der Waals surface area contributed by atoms with Gasteiger partial charge in [0.2, 0.25) is 0 Å². The molecular weight excluding hydrogens is 306 g/mol. The minimum absolute atomic E-state index is 0.0571. The number of hydrogen-bond acceptors (Lipinski definition) is 3. The number of aliphatic carboxylic acids is 1. The standard InChI is InChI=1S/C19H27NO4/c1-3-24-12-6-11-20(13-14(2)19(22)23)18(21)17-10-5-8-15-7-4-9-16(15)17/h5,8,10,14H,3-4,6-7,9,11-13H2,1-2H3,(H,22,23). The molecule has 5 heteroatoms. The minimum Gasteiger partial charge on any atom is -0.481 e. The number of aryl methyl sites for hydroxylation is 1. The highest BCUT2D eigenvalue weighted by Gasteiger charge is 2.25. The lowest BCUT2D eigenvalue weighted by atomic mass is 10.0. The van der Waals surface area contributed by atoms with Crippen LogP contribution in [0.2, 0.25) is 0 Å². The Hall–Kier alpha value is -1.88. The fourth-order valence-electron chi connectivity index (χ4n) is 3.18. The molecule has 1 aromatic rings. The zero-order valence-corrected chi connectivity index (χ0v) is 14.6. The molecule has 0 radical (unpaired) electrons. The van der Waals surface area contributed by atoms with Crippen LogP contribution in [-0.4, -0.2) is 48.2 Å². The van der Waals surface area contributed by atoms with Gasteiger partial charge in [0.15, 0.2) is 0 Å². The summed E-state index contributed by atoms with van der Waals surface area (Å²) >= 11 is 0. The van der Waals surface area contributed by atoms with E-state index in [1.54, 1.807) is 11.8 Å². The number of carboxylic acid groups (broad SMARTS) is 1. The third kappa shape index (κ3) is 4.57. The minimum atomic E-state index is -0.879. The lowest BCUT2D eigenvalue weighted by molar-refractivity contribution is -0.141. The van der Waals surface area contributed by atoms with E-state index in [4.69, 9.17) is 4.74 Å².